The Balaban J connectivity index is 1.87. The lowest BCUT2D eigenvalue weighted by molar-refractivity contribution is -0.143. The minimum atomic E-state index is -0.863. The van der Waals surface area contributed by atoms with Gasteiger partial charge in [-0.1, -0.05) is 37.3 Å². The molecular formula is C16H18N4O3. The number of aliphatic carboxylic acids is 1. The number of aromatic amines is 1. The van der Waals surface area contributed by atoms with Crippen molar-refractivity contribution in [3.63, 3.8) is 0 Å². The largest absolute Gasteiger partial charge is 0.481 e. The van der Waals surface area contributed by atoms with E-state index in [1.807, 2.05) is 37.3 Å². The summed E-state index contributed by atoms with van der Waals surface area (Å²) in [5.41, 5.74) is 1.51. The van der Waals surface area contributed by atoms with Crippen LogP contribution in [0, 0.1) is 11.8 Å². The highest BCUT2D eigenvalue weighted by Crippen LogP contribution is 2.25. The van der Waals surface area contributed by atoms with Crippen molar-refractivity contribution in [1.29, 1.82) is 0 Å². The number of aromatic nitrogens is 3. The van der Waals surface area contributed by atoms with Crippen molar-refractivity contribution in [1.82, 2.24) is 20.3 Å². The summed E-state index contributed by atoms with van der Waals surface area (Å²) in [5.74, 6) is -1.54. The third kappa shape index (κ3) is 3.08. The van der Waals surface area contributed by atoms with Crippen molar-refractivity contribution in [2.75, 3.05) is 13.1 Å². The summed E-state index contributed by atoms with van der Waals surface area (Å²) in [6.45, 7) is 2.69. The Labute approximate surface area is 133 Å². The number of amides is 1. The second kappa shape index (κ2) is 6.20. The summed E-state index contributed by atoms with van der Waals surface area (Å²) < 4.78 is 0. The van der Waals surface area contributed by atoms with Gasteiger partial charge in [0.25, 0.3) is 5.91 Å². The van der Waals surface area contributed by atoms with Crippen molar-refractivity contribution in [3.8, 4) is 11.3 Å². The third-order valence-corrected chi connectivity index (χ3v) is 4.09. The zero-order valence-corrected chi connectivity index (χ0v) is 12.8. The highest BCUT2D eigenvalue weighted by molar-refractivity contribution is 5.98. The molecule has 2 aromatic rings. The molecule has 1 aliphatic heterocycles. The molecule has 2 unspecified atom stereocenters. The Morgan fingerprint density at radius 1 is 1.22 bits per heavy atom. The first kappa shape index (κ1) is 15.2. The van der Waals surface area contributed by atoms with Gasteiger partial charge in [0.2, 0.25) is 0 Å². The molecule has 1 aromatic carbocycles. The number of carboxylic acids is 1. The number of carboxylic acid groups (broad SMARTS) is 1. The average Bonchev–Trinajstić information content (AvgIpc) is 3.04. The molecule has 1 amide bonds. The molecule has 0 saturated carbocycles. The summed E-state index contributed by atoms with van der Waals surface area (Å²) in [4.78, 5) is 25.6. The van der Waals surface area contributed by atoms with Crippen LogP contribution in [0.25, 0.3) is 11.3 Å². The van der Waals surface area contributed by atoms with E-state index in [1.54, 1.807) is 4.90 Å². The number of benzene rings is 1. The van der Waals surface area contributed by atoms with Gasteiger partial charge in [0.05, 0.1) is 5.92 Å². The summed E-state index contributed by atoms with van der Waals surface area (Å²) in [5, 5.41) is 19.8. The van der Waals surface area contributed by atoms with Crippen molar-refractivity contribution in [3.05, 3.63) is 36.0 Å². The van der Waals surface area contributed by atoms with E-state index in [9.17, 15) is 14.7 Å². The van der Waals surface area contributed by atoms with Crippen LogP contribution in [0.15, 0.2) is 30.3 Å². The van der Waals surface area contributed by atoms with Crippen LogP contribution in [0.1, 0.15) is 23.8 Å². The predicted molar refractivity (Wildman–Crippen MR) is 82.6 cm³/mol. The number of nitrogens with one attached hydrogen (secondary N) is 1. The molecule has 1 aromatic heterocycles. The average molecular weight is 314 g/mol. The second-order valence-corrected chi connectivity index (χ2v) is 5.97. The maximum atomic E-state index is 12.8. The van der Waals surface area contributed by atoms with Gasteiger partial charge in [0.15, 0.2) is 5.69 Å². The van der Waals surface area contributed by atoms with Gasteiger partial charge >= 0.3 is 5.97 Å². The van der Waals surface area contributed by atoms with Crippen LogP contribution in [0.3, 0.4) is 0 Å². The van der Waals surface area contributed by atoms with E-state index in [0.29, 0.717) is 18.7 Å². The minimum Gasteiger partial charge on any atom is -0.481 e. The van der Waals surface area contributed by atoms with Crippen LogP contribution >= 0.6 is 0 Å². The van der Waals surface area contributed by atoms with Crippen molar-refractivity contribution in [2.45, 2.75) is 13.3 Å². The molecule has 7 nitrogen and oxygen atoms in total. The number of hydrogen-bond acceptors (Lipinski definition) is 4. The third-order valence-electron chi connectivity index (χ3n) is 4.09. The summed E-state index contributed by atoms with van der Waals surface area (Å²) in [6.07, 6.45) is 0.587. The lowest BCUT2D eigenvalue weighted by atomic mass is 9.90. The van der Waals surface area contributed by atoms with Gasteiger partial charge in [-0.05, 0) is 12.3 Å². The summed E-state index contributed by atoms with van der Waals surface area (Å²) >= 11 is 0. The first-order valence-electron chi connectivity index (χ1n) is 7.54. The molecule has 1 aliphatic rings. The molecule has 23 heavy (non-hydrogen) atoms. The SMILES string of the molecule is CC1CC(C(=O)O)CN(C(=O)c2n[nH]nc2-c2ccccc2)C1. The molecule has 1 saturated heterocycles. The van der Waals surface area contributed by atoms with E-state index >= 15 is 0 Å². The highest BCUT2D eigenvalue weighted by Gasteiger charge is 2.34. The first-order chi connectivity index (χ1) is 11.1. The van der Waals surface area contributed by atoms with Crippen LogP contribution in [-0.2, 0) is 4.79 Å². The number of H-pyrrole nitrogens is 1. The number of rotatable bonds is 3. The van der Waals surface area contributed by atoms with Gasteiger partial charge in [0, 0.05) is 18.7 Å². The molecule has 0 radical (unpaired) electrons. The van der Waals surface area contributed by atoms with Crippen LogP contribution in [-0.4, -0.2) is 50.4 Å². The van der Waals surface area contributed by atoms with Gasteiger partial charge in [-0.3, -0.25) is 9.59 Å². The van der Waals surface area contributed by atoms with Crippen LogP contribution in [0.5, 0.6) is 0 Å². The van der Waals surface area contributed by atoms with Gasteiger partial charge in [-0.2, -0.15) is 15.4 Å². The molecule has 1 fully saturated rings. The second-order valence-electron chi connectivity index (χ2n) is 5.97. The van der Waals surface area contributed by atoms with E-state index in [0.717, 1.165) is 5.56 Å². The summed E-state index contributed by atoms with van der Waals surface area (Å²) in [6, 6.07) is 9.32. The van der Waals surface area contributed by atoms with Gasteiger partial charge in [-0.25, -0.2) is 0 Å². The molecule has 2 heterocycles. The number of piperidine rings is 1. The fourth-order valence-corrected chi connectivity index (χ4v) is 3.02. The van der Waals surface area contributed by atoms with Crippen LogP contribution in [0.2, 0.25) is 0 Å². The lowest BCUT2D eigenvalue weighted by Gasteiger charge is -2.34. The van der Waals surface area contributed by atoms with Crippen LogP contribution < -0.4 is 0 Å². The van der Waals surface area contributed by atoms with Gasteiger partial charge in [0.1, 0.15) is 5.69 Å². The molecule has 0 bridgehead atoms. The molecule has 3 rings (SSSR count). The Hall–Kier alpha value is -2.70. The number of nitrogens with zero attached hydrogens (tertiary/aromatic N) is 3. The fourth-order valence-electron chi connectivity index (χ4n) is 3.02. The summed E-state index contributed by atoms with van der Waals surface area (Å²) in [7, 11) is 0. The van der Waals surface area contributed by atoms with Crippen LogP contribution in [0.4, 0.5) is 0 Å². The standard InChI is InChI=1S/C16H18N4O3/c1-10-7-12(16(22)23)9-20(8-10)15(21)14-13(17-19-18-14)11-5-3-2-4-6-11/h2-6,10,12H,7-9H2,1H3,(H,22,23)(H,17,18,19). The van der Waals surface area contributed by atoms with Crippen molar-refractivity contribution in [2.24, 2.45) is 11.8 Å². The quantitative estimate of drug-likeness (QED) is 0.897. The fraction of sp³-hybridized carbons (Fsp3) is 0.375. The lowest BCUT2D eigenvalue weighted by Crippen LogP contribution is -2.45. The topological polar surface area (TPSA) is 99.2 Å². The van der Waals surface area contributed by atoms with Crippen molar-refractivity contribution >= 4 is 11.9 Å². The number of carbonyl (C=O) groups is 2. The zero-order valence-electron chi connectivity index (χ0n) is 12.8. The number of carbonyl (C=O) groups excluding carboxylic acids is 1. The zero-order chi connectivity index (χ0) is 16.4. The minimum absolute atomic E-state index is 0.140. The van der Waals surface area contributed by atoms with E-state index in [-0.39, 0.29) is 24.1 Å². The predicted octanol–water partition coefficient (Wildman–Crippen LogP) is 1.65. The molecule has 0 aliphatic carbocycles. The molecule has 2 N–H and O–H groups in total. The van der Waals surface area contributed by atoms with E-state index in [2.05, 4.69) is 15.4 Å². The Morgan fingerprint density at radius 3 is 2.65 bits per heavy atom. The van der Waals surface area contributed by atoms with Gasteiger partial charge < -0.3 is 10.0 Å². The number of likely N-dealkylation sites (tertiary alicyclic amines) is 1. The Kier molecular flexibility index (Phi) is 4.10. The Bertz CT molecular complexity index is 713. The van der Waals surface area contributed by atoms with E-state index in [1.165, 1.54) is 0 Å². The molecule has 2 atom stereocenters. The van der Waals surface area contributed by atoms with E-state index < -0.39 is 11.9 Å². The maximum Gasteiger partial charge on any atom is 0.308 e. The first-order valence-corrected chi connectivity index (χ1v) is 7.54. The highest BCUT2D eigenvalue weighted by atomic mass is 16.4. The molecule has 0 spiro atoms. The normalized spacial score (nSPS) is 21.2. The maximum absolute atomic E-state index is 12.8. The van der Waals surface area contributed by atoms with Crippen molar-refractivity contribution < 1.29 is 14.7 Å². The molecule has 7 heteroatoms. The smallest absolute Gasteiger partial charge is 0.308 e. The Morgan fingerprint density at radius 2 is 1.96 bits per heavy atom. The molecular weight excluding hydrogens is 296 g/mol. The monoisotopic (exact) mass is 314 g/mol. The molecule has 120 valence electrons. The number of hydrogen-bond donors (Lipinski definition) is 2. The van der Waals surface area contributed by atoms with E-state index in [4.69, 9.17) is 0 Å². The van der Waals surface area contributed by atoms with Gasteiger partial charge in [-0.15, -0.1) is 0 Å².